The fraction of sp³-hybridized carbons (Fsp3) is 0.381. The minimum Gasteiger partial charge on any atom is -0.508 e. The first-order valence-corrected chi connectivity index (χ1v) is 8.48. The van der Waals surface area contributed by atoms with Crippen LogP contribution in [0.3, 0.4) is 0 Å². The number of aromatic hydroxyl groups is 1. The minimum absolute atomic E-state index is 0.362. The van der Waals surface area contributed by atoms with E-state index in [1.54, 1.807) is 6.07 Å². The Morgan fingerprint density at radius 3 is 2.65 bits per heavy atom. The quantitative estimate of drug-likeness (QED) is 0.792. The van der Waals surface area contributed by atoms with E-state index in [1.165, 1.54) is 30.4 Å². The van der Waals surface area contributed by atoms with E-state index in [-0.39, 0.29) is 0 Å². The molecule has 2 nitrogen and oxygen atoms in total. The number of carbonyl (C=O) groups excluding carboxylic acids is 1. The van der Waals surface area contributed by atoms with Crippen LogP contribution in [-0.4, -0.2) is 11.4 Å². The summed E-state index contributed by atoms with van der Waals surface area (Å²) in [5, 5.41) is 9.59. The number of phenols is 1. The molecule has 0 radical (unpaired) electrons. The van der Waals surface area contributed by atoms with Gasteiger partial charge in [0, 0.05) is 5.56 Å². The van der Waals surface area contributed by atoms with Crippen LogP contribution in [0, 0.1) is 11.8 Å². The molecule has 0 saturated heterocycles. The summed E-state index contributed by atoms with van der Waals surface area (Å²) in [5.41, 5.74) is 3.31. The van der Waals surface area contributed by atoms with Crippen molar-refractivity contribution < 1.29 is 9.90 Å². The molecular formula is C21H24O2. The van der Waals surface area contributed by atoms with E-state index >= 15 is 0 Å². The predicted octanol–water partition coefficient (Wildman–Crippen LogP) is 4.97. The van der Waals surface area contributed by atoms with Gasteiger partial charge in [-0.15, -0.1) is 0 Å². The summed E-state index contributed by atoms with van der Waals surface area (Å²) in [5.74, 6) is 2.31. The van der Waals surface area contributed by atoms with Crippen molar-refractivity contribution in [2.45, 2.75) is 38.5 Å². The molecule has 2 aromatic rings. The molecule has 1 aliphatic carbocycles. The van der Waals surface area contributed by atoms with Gasteiger partial charge in [0.1, 0.15) is 12.0 Å². The highest BCUT2D eigenvalue weighted by molar-refractivity contribution is 5.74. The predicted molar refractivity (Wildman–Crippen MR) is 92.9 cm³/mol. The summed E-state index contributed by atoms with van der Waals surface area (Å²) < 4.78 is 0. The molecule has 0 aliphatic heterocycles. The van der Waals surface area contributed by atoms with E-state index in [0.717, 1.165) is 18.3 Å². The summed E-state index contributed by atoms with van der Waals surface area (Å²) in [7, 11) is 0. The second-order valence-electron chi connectivity index (χ2n) is 6.89. The maximum Gasteiger partial charge on any atom is 0.150 e. The molecule has 0 spiro atoms. The Bertz CT molecular complexity index is 660. The third kappa shape index (κ3) is 3.82. The number of benzene rings is 2. The molecule has 0 bridgehead atoms. The number of hydrogen-bond donors (Lipinski definition) is 1. The van der Waals surface area contributed by atoms with Gasteiger partial charge >= 0.3 is 0 Å². The smallest absolute Gasteiger partial charge is 0.150 e. The summed E-state index contributed by atoms with van der Waals surface area (Å²) in [4.78, 5) is 10.8. The number of phenolic OH excluding ortho intramolecular Hbond substituents is 1. The fourth-order valence-corrected chi connectivity index (χ4v) is 3.92. The Morgan fingerprint density at radius 2 is 1.96 bits per heavy atom. The van der Waals surface area contributed by atoms with E-state index in [2.05, 4.69) is 25.1 Å². The van der Waals surface area contributed by atoms with Gasteiger partial charge in [0.25, 0.3) is 0 Å². The molecule has 0 aromatic heterocycles. The molecule has 2 aromatic carbocycles. The van der Waals surface area contributed by atoms with Crippen molar-refractivity contribution in [1.82, 2.24) is 0 Å². The minimum atomic E-state index is 0.362. The molecule has 3 rings (SSSR count). The Kier molecular flexibility index (Phi) is 4.80. The van der Waals surface area contributed by atoms with Crippen molar-refractivity contribution in [3.8, 4) is 5.75 Å². The van der Waals surface area contributed by atoms with Gasteiger partial charge in [-0.1, -0.05) is 43.3 Å². The third-order valence-electron chi connectivity index (χ3n) is 5.32. The second-order valence-corrected chi connectivity index (χ2v) is 6.89. The molecule has 1 fully saturated rings. The van der Waals surface area contributed by atoms with Crippen LogP contribution in [0.5, 0.6) is 5.75 Å². The van der Waals surface area contributed by atoms with Crippen LogP contribution in [0.25, 0.3) is 0 Å². The second kappa shape index (κ2) is 6.99. The molecule has 3 atom stereocenters. The Hall–Kier alpha value is -2.09. The lowest BCUT2D eigenvalue weighted by atomic mass is 9.85. The van der Waals surface area contributed by atoms with Crippen LogP contribution in [0.15, 0.2) is 48.5 Å². The lowest BCUT2D eigenvalue weighted by Gasteiger charge is -2.20. The van der Waals surface area contributed by atoms with E-state index in [1.807, 2.05) is 24.3 Å². The first kappa shape index (κ1) is 15.8. The Labute approximate surface area is 138 Å². The monoisotopic (exact) mass is 308 g/mol. The van der Waals surface area contributed by atoms with Crippen LogP contribution in [0.1, 0.15) is 53.6 Å². The highest BCUT2D eigenvalue weighted by Crippen LogP contribution is 2.41. The van der Waals surface area contributed by atoms with Gasteiger partial charge in [0.15, 0.2) is 0 Å². The molecule has 1 N–H and O–H groups in total. The van der Waals surface area contributed by atoms with Gasteiger partial charge < -0.3 is 5.11 Å². The van der Waals surface area contributed by atoms with E-state index < -0.39 is 0 Å². The first-order valence-electron chi connectivity index (χ1n) is 8.48. The van der Waals surface area contributed by atoms with Crippen LogP contribution >= 0.6 is 0 Å². The standard InChI is InChI=1S/C21H24O2/c1-15(19-8-5-16(14-22)6-9-19)20-10-7-18(12-20)11-17-3-2-4-21(23)13-17/h2-6,8-9,13-15,18,20,23H,7,10-12H2,1H3. The molecular weight excluding hydrogens is 284 g/mol. The summed E-state index contributed by atoms with van der Waals surface area (Å²) >= 11 is 0. The lowest BCUT2D eigenvalue weighted by molar-refractivity contribution is 0.112. The zero-order valence-electron chi connectivity index (χ0n) is 13.6. The van der Waals surface area contributed by atoms with Gasteiger partial charge in [-0.05, 0) is 66.7 Å². The molecule has 1 saturated carbocycles. The molecule has 0 heterocycles. The average molecular weight is 308 g/mol. The SMILES string of the molecule is CC(c1ccc(C=O)cc1)C1CCC(Cc2cccc(O)c2)C1. The van der Waals surface area contributed by atoms with Crippen LogP contribution in [0.4, 0.5) is 0 Å². The maximum atomic E-state index is 10.8. The first-order chi connectivity index (χ1) is 11.2. The topological polar surface area (TPSA) is 37.3 Å². The van der Waals surface area contributed by atoms with Crippen molar-refractivity contribution in [2.24, 2.45) is 11.8 Å². The molecule has 1 aliphatic rings. The molecule has 23 heavy (non-hydrogen) atoms. The number of aldehydes is 1. The zero-order valence-corrected chi connectivity index (χ0v) is 13.6. The number of carbonyl (C=O) groups is 1. The van der Waals surface area contributed by atoms with Gasteiger partial charge in [0.05, 0.1) is 0 Å². The average Bonchev–Trinajstić information content (AvgIpc) is 3.03. The number of rotatable bonds is 5. The van der Waals surface area contributed by atoms with Crippen LogP contribution in [-0.2, 0) is 6.42 Å². The normalized spacial score (nSPS) is 22.0. The van der Waals surface area contributed by atoms with Crippen molar-refractivity contribution in [2.75, 3.05) is 0 Å². The van der Waals surface area contributed by atoms with E-state index in [0.29, 0.717) is 23.5 Å². The maximum absolute atomic E-state index is 10.8. The zero-order chi connectivity index (χ0) is 16.2. The highest BCUT2D eigenvalue weighted by atomic mass is 16.3. The molecule has 2 heteroatoms. The van der Waals surface area contributed by atoms with Gasteiger partial charge in [-0.2, -0.15) is 0 Å². The Balaban J connectivity index is 1.61. The molecule has 120 valence electrons. The molecule has 3 unspecified atom stereocenters. The van der Waals surface area contributed by atoms with E-state index in [9.17, 15) is 9.90 Å². The van der Waals surface area contributed by atoms with Gasteiger partial charge in [-0.3, -0.25) is 4.79 Å². The molecule has 0 amide bonds. The van der Waals surface area contributed by atoms with E-state index in [4.69, 9.17) is 0 Å². The largest absolute Gasteiger partial charge is 0.508 e. The van der Waals surface area contributed by atoms with Gasteiger partial charge in [-0.25, -0.2) is 0 Å². The summed E-state index contributed by atoms with van der Waals surface area (Å²) in [6.07, 6.45) is 5.72. The van der Waals surface area contributed by atoms with Crippen LogP contribution in [0.2, 0.25) is 0 Å². The van der Waals surface area contributed by atoms with Gasteiger partial charge in [0.2, 0.25) is 0 Å². The number of hydrogen-bond acceptors (Lipinski definition) is 2. The van der Waals surface area contributed by atoms with Crippen molar-refractivity contribution in [3.63, 3.8) is 0 Å². The van der Waals surface area contributed by atoms with Crippen molar-refractivity contribution >= 4 is 6.29 Å². The third-order valence-corrected chi connectivity index (χ3v) is 5.32. The summed E-state index contributed by atoms with van der Waals surface area (Å²) in [6.45, 7) is 2.30. The lowest BCUT2D eigenvalue weighted by Crippen LogP contribution is -2.08. The highest BCUT2D eigenvalue weighted by Gasteiger charge is 2.29. The van der Waals surface area contributed by atoms with Crippen molar-refractivity contribution in [1.29, 1.82) is 0 Å². The Morgan fingerprint density at radius 1 is 1.17 bits per heavy atom. The van der Waals surface area contributed by atoms with Crippen molar-refractivity contribution in [3.05, 3.63) is 65.2 Å². The van der Waals surface area contributed by atoms with Crippen LogP contribution < -0.4 is 0 Å². The fourth-order valence-electron chi connectivity index (χ4n) is 3.92. The summed E-state index contributed by atoms with van der Waals surface area (Å²) in [6, 6.07) is 15.7.